The van der Waals surface area contributed by atoms with Crippen LogP contribution in [0.4, 0.5) is 0 Å². The third-order valence-corrected chi connectivity index (χ3v) is 9.61. The number of carbonyl (C=O) groups excluding carboxylic acids is 6. The van der Waals surface area contributed by atoms with Crippen molar-refractivity contribution < 1.29 is 33.9 Å². The zero-order chi connectivity index (χ0) is 36.0. The van der Waals surface area contributed by atoms with Gasteiger partial charge in [0.2, 0.25) is 5.91 Å². The number of amides is 5. The molecule has 2 rings (SSSR count). The molecule has 48 heavy (non-hydrogen) atoms. The predicted octanol–water partition coefficient (Wildman–Crippen LogP) is -2.04. The van der Waals surface area contributed by atoms with Crippen molar-refractivity contribution in [2.75, 3.05) is 13.1 Å². The summed E-state index contributed by atoms with van der Waals surface area (Å²) < 4.78 is -0.217. The molecule has 1 aromatic carbocycles. The maximum absolute atomic E-state index is 13.7. The number of hydrogen-bond donors (Lipinski definition) is 8. The van der Waals surface area contributed by atoms with Crippen LogP contribution < -0.4 is 38.9 Å². The second kappa shape index (κ2) is 19.6. The van der Waals surface area contributed by atoms with E-state index in [4.69, 9.17) is 22.9 Å². The molecule has 1 aromatic rings. The van der Waals surface area contributed by atoms with Crippen LogP contribution in [0.3, 0.4) is 0 Å². The molecule has 0 saturated carbocycles. The Kier molecular flexibility index (Phi) is 16.3. The molecular weight excluding hydrogens is 689 g/mol. The molecule has 1 saturated heterocycles. The molecule has 0 bridgehead atoms. The number of guanidine groups is 1. The number of aromatic hydroxyl groups is 1. The summed E-state index contributed by atoms with van der Waals surface area (Å²) >= 11 is -0.707. The van der Waals surface area contributed by atoms with Crippen molar-refractivity contribution in [1.82, 2.24) is 20.9 Å². The van der Waals surface area contributed by atoms with Crippen LogP contribution in [0.25, 0.3) is 0 Å². The first kappa shape index (κ1) is 40.0. The monoisotopic (exact) mass is 739 g/mol. The standard InChI is InChI=1S/C31H49N9O7Se/c1-17(2)14-21(32)26(43)39-23(15-19-8-10-20(41)11-9-19)28(45)38-22(6-4-12-36-31(34)35)27(44)37-18(3)29(46)40-13-5-7-24(40)30(47)48-16-25(33)42/h8-11,17-18,21-24,41H,4-7,12-16,32H2,1-3H3,(H2,33,42)(H,37,44)(H,38,45)(H,39,43)(H4,34,35,36)/t18-,21-,22-,23-,24-/m0/s1. The van der Waals surface area contributed by atoms with Crippen LogP contribution in [0.2, 0.25) is 5.32 Å². The number of nitrogens with zero attached hydrogens (tertiary/aromatic N) is 2. The van der Waals surface area contributed by atoms with Gasteiger partial charge in [-0.2, -0.15) is 0 Å². The van der Waals surface area contributed by atoms with Crippen molar-refractivity contribution in [2.24, 2.45) is 33.8 Å². The van der Waals surface area contributed by atoms with Crippen LogP contribution in [0.1, 0.15) is 58.4 Å². The zero-order valence-electron chi connectivity index (χ0n) is 27.6. The van der Waals surface area contributed by atoms with Crippen LogP contribution in [0.15, 0.2) is 29.3 Å². The first-order valence-corrected chi connectivity index (χ1v) is 17.9. The average Bonchev–Trinajstić information content (AvgIpc) is 3.51. The summed E-state index contributed by atoms with van der Waals surface area (Å²) in [5.74, 6) is -2.92. The van der Waals surface area contributed by atoms with E-state index in [0.29, 0.717) is 31.4 Å². The van der Waals surface area contributed by atoms with Crippen LogP contribution in [-0.4, -0.2) is 108 Å². The number of carbonyl (C=O) groups is 6. The van der Waals surface area contributed by atoms with Crippen molar-refractivity contribution in [3.8, 4) is 5.75 Å². The van der Waals surface area contributed by atoms with Crippen molar-refractivity contribution in [1.29, 1.82) is 0 Å². The Morgan fingerprint density at radius 2 is 1.58 bits per heavy atom. The van der Waals surface area contributed by atoms with Gasteiger partial charge in [-0.1, -0.05) is 26.0 Å². The van der Waals surface area contributed by atoms with E-state index in [-0.39, 0.29) is 53.4 Å². The van der Waals surface area contributed by atoms with Gasteiger partial charge in [-0.15, -0.1) is 0 Å². The second-order valence-corrected chi connectivity index (χ2v) is 14.2. The summed E-state index contributed by atoms with van der Waals surface area (Å²) in [6.45, 7) is 5.79. The van der Waals surface area contributed by atoms with Gasteiger partial charge in [0.25, 0.3) is 0 Å². The fraction of sp³-hybridized carbons (Fsp3) is 0.581. The molecule has 1 heterocycles. The molecule has 1 fully saturated rings. The molecule has 5 atom stereocenters. The molecule has 16 nitrogen and oxygen atoms in total. The van der Waals surface area contributed by atoms with Gasteiger partial charge in [0.1, 0.15) is 5.75 Å². The second-order valence-electron chi connectivity index (χ2n) is 12.2. The minimum atomic E-state index is -1.15. The summed E-state index contributed by atoms with van der Waals surface area (Å²) in [6, 6.07) is 1.21. The van der Waals surface area contributed by atoms with E-state index in [0.717, 1.165) is 0 Å². The summed E-state index contributed by atoms with van der Waals surface area (Å²) in [7, 11) is 0. The molecule has 0 aromatic heterocycles. The van der Waals surface area contributed by atoms with E-state index in [1.54, 1.807) is 12.1 Å². The van der Waals surface area contributed by atoms with Crippen molar-refractivity contribution >= 4 is 55.1 Å². The third-order valence-electron chi connectivity index (χ3n) is 7.54. The quantitative estimate of drug-likeness (QED) is 0.0333. The van der Waals surface area contributed by atoms with E-state index in [1.807, 2.05) is 13.8 Å². The molecule has 1 aliphatic rings. The number of aliphatic imine (C=N–C) groups is 1. The molecule has 17 heteroatoms. The van der Waals surface area contributed by atoms with Gasteiger partial charge < -0.3 is 22.3 Å². The number of hydrogen-bond acceptors (Lipinski definition) is 9. The van der Waals surface area contributed by atoms with E-state index >= 15 is 0 Å². The van der Waals surface area contributed by atoms with E-state index in [9.17, 15) is 33.9 Å². The van der Waals surface area contributed by atoms with Crippen LogP contribution in [-0.2, 0) is 35.2 Å². The predicted molar refractivity (Wildman–Crippen MR) is 180 cm³/mol. The Morgan fingerprint density at radius 3 is 2.19 bits per heavy atom. The Morgan fingerprint density at radius 1 is 0.958 bits per heavy atom. The fourth-order valence-corrected chi connectivity index (χ4v) is 6.67. The maximum atomic E-state index is 13.7. The Hall–Kier alpha value is -4.21. The van der Waals surface area contributed by atoms with Crippen LogP contribution >= 0.6 is 0 Å². The first-order chi connectivity index (χ1) is 22.6. The molecule has 12 N–H and O–H groups in total. The van der Waals surface area contributed by atoms with Gasteiger partial charge in [0, 0.05) is 0 Å². The minimum absolute atomic E-state index is 0.0279. The van der Waals surface area contributed by atoms with Crippen LogP contribution in [0, 0.1) is 5.92 Å². The first-order valence-electron chi connectivity index (χ1n) is 15.8. The van der Waals surface area contributed by atoms with Gasteiger partial charge in [-0.05, 0) is 30.0 Å². The van der Waals surface area contributed by atoms with Gasteiger partial charge >= 0.3 is 180 Å². The van der Waals surface area contributed by atoms with Crippen molar-refractivity contribution in [2.45, 2.75) is 94.8 Å². The number of primary amides is 1. The number of nitrogens with two attached hydrogens (primary N) is 4. The molecule has 0 radical (unpaired) electrons. The number of nitrogens with one attached hydrogen (secondary N) is 3. The fourth-order valence-electron chi connectivity index (χ4n) is 5.15. The van der Waals surface area contributed by atoms with Crippen molar-refractivity contribution in [3.05, 3.63) is 29.8 Å². The van der Waals surface area contributed by atoms with Crippen LogP contribution in [0.5, 0.6) is 5.75 Å². The van der Waals surface area contributed by atoms with E-state index < -0.39 is 74.7 Å². The number of likely N-dealkylation sites (tertiary alicyclic amines) is 1. The van der Waals surface area contributed by atoms with Gasteiger partial charge in [-0.3, -0.25) is 4.79 Å². The summed E-state index contributed by atoms with van der Waals surface area (Å²) in [6.07, 6.45) is 1.83. The topological polar surface area (TPSA) is 278 Å². The number of phenols is 1. The number of rotatable bonds is 19. The molecular formula is C31H49N9O7Se. The summed E-state index contributed by atoms with van der Waals surface area (Å²) in [5, 5.41) is 17.7. The molecule has 0 aliphatic carbocycles. The van der Waals surface area contributed by atoms with Gasteiger partial charge in [0.05, 0.1) is 6.04 Å². The normalized spacial score (nSPS) is 16.7. The SMILES string of the molecule is CC(C)C[C@H](N)C(=O)N[C@@H](Cc1ccc(O)cc1)C(=O)N[C@@H](CCCN=C(N)N)C(=O)N[C@@H](C)C(=O)N1CCC[C@H]1C(=O)[Se]CC(N)=O. The van der Waals surface area contributed by atoms with E-state index in [1.165, 1.54) is 24.0 Å². The number of phenolic OH excluding ortho intramolecular Hbond substituents is 1. The average molecular weight is 739 g/mol. The van der Waals surface area contributed by atoms with Crippen molar-refractivity contribution in [3.63, 3.8) is 0 Å². The number of benzene rings is 1. The molecule has 1 aliphatic heterocycles. The molecule has 0 spiro atoms. The Bertz CT molecular complexity index is 1320. The van der Waals surface area contributed by atoms with E-state index in [2.05, 4.69) is 20.9 Å². The molecule has 5 amide bonds. The zero-order valence-corrected chi connectivity index (χ0v) is 29.4. The molecule has 266 valence electrons. The summed E-state index contributed by atoms with van der Waals surface area (Å²) in [4.78, 5) is 82.8. The summed E-state index contributed by atoms with van der Waals surface area (Å²) in [5.41, 5.74) is 22.7. The van der Waals surface area contributed by atoms with Gasteiger partial charge in [-0.25, -0.2) is 0 Å². The third kappa shape index (κ3) is 13.5. The Balaban J connectivity index is 2.24. The molecule has 0 unspecified atom stereocenters. The van der Waals surface area contributed by atoms with Gasteiger partial charge in [0.15, 0.2) is 5.96 Å². The Labute approximate surface area is 286 Å².